The fraction of sp³-hybridized carbons (Fsp3) is 0.174. The lowest BCUT2D eigenvalue weighted by Gasteiger charge is -2.08. The van der Waals surface area contributed by atoms with Gasteiger partial charge in [-0.2, -0.15) is 0 Å². The number of fused-ring (bicyclic) bond motifs is 1. The van der Waals surface area contributed by atoms with E-state index >= 15 is 0 Å². The highest BCUT2D eigenvalue weighted by Crippen LogP contribution is 2.31. The molecule has 0 spiro atoms. The van der Waals surface area contributed by atoms with Crippen molar-refractivity contribution in [3.8, 4) is 22.8 Å². The van der Waals surface area contributed by atoms with E-state index in [-0.39, 0.29) is 0 Å². The lowest BCUT2D eigenvalue weighted by atomic mass is 10.1. The third-order valence-corrected chi connectivity index (χ3v) is 4.99. The van der Waals surface area contributed by atoms with Crippen LogP contribution in [0, 0.1) is 6.92 Å². The Morgan fingerprint density at radius 1 is 0.903 bits per heavy atom. The number of nitrogens with zero attached hydrogens (tertiary/aromatic N) is 7. The van der Waals surface area contributed by atoms with Crippen LogP contribution in [0.25, 0.3) is 28.4 Å². The minimum absolute atomic E-state index is 0.595. The van der Waals surface area contributed by atoms with Crippen molar-refractivity contribution in [1.29, 1.82) is 0 Å². The number of pyridine rings is 2. The summed E-state index contributed by atoms with van der Waals surface area (Å²) in [7, 11) is 0. The lowest BCUT2D eigenvalue weighted by Crippen LogP contribution is -2.08. The second-order valence-electron chi connectivity index (χ2n) is 7.25. The van der Waals surface area contributed by atoms with E-state index in [1.807, 2.05) is 72.5 Å². The maximum atomic E-state index is 4.84. The van der Waals surface area contributed by atoms with Crippen molar-refractivity contribution in [2.45, 2.75) is 19.9 Å². The molecule has 5 aromatic heterocycles. The van der Waals surface area contributed by atoms with Crippen LogP contribution in [0.2, 0.25) is 0 Å². The number of anilines is 1. The quantitative estimate of drug-likeness (QED) is 0.410. The standard InChI is InChI=1S/C23H22N8/c1-17-6-4-7-18(27-17)21-22(31-14-3-2-8-20(31)29-21)19-9-11-26-23(28-19)25-10-5-13-30-15-12-24-16-30/h2-4,6-9,11-12,14-16H,5,10,13H2,1H3,(H,25,26,28). The molecular weight excluding hydrogens is 388 g/mol. The molecule has 0 aliphatic carbocycles. The first-order chi connectivity index (χ1) is 15.3. The number of rotatable bonds is 7. The highest BCUT2D eigenvalue weighted by molar-refractivity contribution is 5.79. The van der Waals surface area contributed by atoms with Crippen LogP contribution in [-0.4, -0.2) is 40.4 Å². The van der Waals surface area contributed by atoms with E-state index in [9.17, 15) is 0 Å². The Hall–Kier alpha value is -4.07. The predicted molar refractivity (Wildman–Crippen MR) is 120 cm³/mol. The van der Waals surface area contributed by atoms with Crippen LogP contribution in [0.1, 0.15) is 12.1 Å². The fourth-order valence-electron chi connectivity index (χ4n) is 3.55. The molecule has 0 aromatic carbocycles. The Kier molecular flexibility index (Phi) is 5.10. The molecule has 0 fully saturated rings. The Morgan fingerprint density at radius 2 is 1.87 bits per heavy atom. The van der Waals surface area contributed by atoms with E-state index in [2.05, 4.69) is 19.9 Å². The maximum absolute atomic E-state index is 4.84. The minimum atomic E-state index is 0.595. The van der Waals surface area contributed by atoms with Crippen molar-refractivity contribution < 1.29 is 0 Å². The number of hydrogen-bond acceptors (Lipinski definition) is 6. The average molecular weight is 410 g/mol. The molecule has 5 aromatic rings. The monoisotopic (exact) mass is 410 g/mol. The summed E-state index contributed by atoms with van der Waals surface area (Å²) in [4.78, 5) is 22.8. The van der Waals surface area contributed by atoms with Gasteiger partial charge in [-0.3, -0.25) is 9.38 Å². The van der Waals surface area contributed by atoms with E-state index in [0.29, 0.717) is 5.95 Å². The second kappa shape index (κ2) is 8.35. The molecule has 0 aliphatic heterocycles. The Morgan fingerprint density at radius 3 is 2.74 bits per heavy atom. The molecule has 0 amide bonds. The molecule has 0 saturated carbocycles. The van der Waals surface area contributed by atoms with Crippen LogP contribution in [0.15, 0.2) is 73.6 Å². The highest BCUT2D eigenvalue weighted by atomic mass is 15.1. The van der Waals surface area contributed by atoms with Crippen molar-refractivity contribution in [3.63, 3.8) is 0 Å². The van der Waals surface area contributed by atoms with Gasteiger partial charge in [0.1, 0.15) is 17.0 Å². The second-order valence-corrected chi connectivity index (χ2v) is 7.25. The zero-order chi connectivity index (χ0) is 21.0. The molecule has 0 radical (unpaired) electrons. The number of aromatic nitrogens is 7. The summed E-state index contributed by atoms with van der Waals surface area (Å²) < 4.78 is 4.10. The molecule has 0 bridgehead atoms. The smallest absolute Gasteiger partial charge is 0.223 e. The predicted octanol–water partition coefficient (Wildman–Crippen LogP) is 3.86. The van der Waals surface area contributed by atoms with Crippen LogP contribution in [0.4, 0.5) is 5.95 Å². The van der Waals surface area contributed by atoms with Crippen LogP contribution in [0.3, 0.4) is 0 Å². The van der Waals surface area contributed by atoms with Gasteiger partial charge in [0.05, 0.1) is 17.7 Å². The first-order valence-electron chi connectivity index (χ1n) is 10.2. The largest absolute Gasteiger partial charge is 0.354 e. The molecule has 31 heavy (non-hydrogen) atoms. The van der Waals surface area contributed by atoms with Gasteiger partial charge in [-0.15, -0.1) is 0 Å². The molecule has 0 aliphatic rings. The summed E-state index contributed by atoms with van der Waals surface area (Å²) in [5, 5.41) is 3.32. The van der Waals surface area contributed by atoms with Gasteiger partial charge in [0, 0.05) is 43.6 Å². The van der Waals surface area contributed by atoms with Crippen LogP contribution >= 0.6 is 0 Å². The van der Waals surface area contributed by atoms with Gasteiger partial charge >= 0.3 is 0 Å². The molecule has 154 valence electrons. The SMILES string of the molecule is Cc1cccc(-c2nc3ccccn3c2-c2ccnc(NCCCn3ccnc3)n2)n1. The van der Waals surface area contributed by atoms with Gasteiger partial charge in [0.15, 0.2) is 0 Å². The van der Waals surface area contributed by atoms with Crippen molar-refractivity contribution >= 4 is 11.6 Å². The molecule has 0 unspecified atom stereocenters. The Bertz CT molecular complexity index is 1310. The summed E-state index contributed by atoms with van der Waals surface area (Å²) in [6, 6.07) is 13.8. The fourth-order valence-corrected chi connectivity index (χ4v) is 3.55. The van der Waals surface area contributed by atoms with Crippen molar-refractivity contribution in [2.75, 3.05) is 11.9 Å². The Labute approximate surface area is 179 Å². The van der Waals surface area contributed by atoms with Gasteiger partial charge in [0.25, 0.3) is 0 Å². The molecule has 8 heteroatoms. The van der Waals surface area contributed by atoms with E-state index in [1.54, 1.807) is 12.4 Å². The molecular formula is C23H22N8. The summed E-state index contributed by atoms with van der Waals surface area (Å²) >= 11 is 0. The van der Waals surface area contributed by atoms with Gasteiger partial charge in [0.2, 0.25) is 5.95 Å². The number of hydrogen-bond donors (Lipinski definition) is 1. The number of imidazole rings is 2. The van der Waals surface area contributed by atoms with Gasteiger partial charge in [-0.1, -0.05) is 12.1 Å². The summed E-state index contributed by atoms with van der Waals surface area (Å²) in [5.74, 6) is 0.595. The molecule has 5 rings (SSSR count). The van der Waals surface area contributed by atoms with Crippen molar-refractivity contribution in [1.82, 2.24) is 33.9 Å². The molecule has 8 nitrogen and oxygen atoms in total. The summed E-state index contributed by atoms with van der Waals surface area (Å²) in [6.07, 6.45) is 10.3. The Balaban J connectivity index is 1.46. The van der Waals surface area contributed by atoms with Crippen molar-refractivity contribution in [3.05, 3.63) is 79.3 Å². The summed E-state index contributed by atoms with van der Waals surface area (Å²) in [5.41, 5.74) is 5.13. The molecule has 1 N–H and O–H groups in total. The molecule has 0 saturated heterocycles. The van der Waals surface area contributed by atoms with Gasteiger partial charge < -0.3 is 9.88 Å². The zero-order valence-corrected chi connectivity index (χ0v) is 17.2. The zero-order valence-electron chi connectivity index (χ0n) is 17.2. The summed E-state index contributed by atoms with van der Waals surface area (Å²) in [6.45, 7) is 3.64. The number of nitrogens with one attached hydrogen (secondary N) is 1. The average Bonchev–Trinajstić information content (AvgIpc) is 3.45. The van der Waals surface area contributed by atoms with Crippen LogP contribution < -0.4 is 5.32 Å². The van der Waals surface area contributed by atoms with E-state index in [4.69, 9.17) is 15.0 Å². The maximum Gasteiger partial charge on any atom is 0.223 e. The first-order valence-corrected chi connectivity index (χ1v) is 10.2. The normalized spacial score (nSPS) is 11.1. The van der Waals surface area contributed by atoms with Crippen LogP contribution in [0.5, 0.6) is 0 Å². The van der Waals surface area contributed by atoms with Gasteiger partial charge in [-0.25, -0.2) is 19.9 Å². The topological polar surface area (TPSA) is 85.8 Å². The molecule has 5 heterocycles. The van der Waals surface area contributed by atoms with Crippen LogP contribution in [-0.2, 0) is 6.54 Å². The lowest BCUT2D eigenvalue weighted by molar-refractivity contribution is 0.659. The third kappa shape index (κ3) is 4.00. The highest BCUT2D eigenvalue weighted by Gasteiger charge is 2.18. The third-order valence-electron chi connectivity index (χ3n) is 4.99. The molecule has 0 atom stereocenters. The number of aryl methyl sites for hydroxylation is 2. The van der Waals surface area contributed by atoms with Crippen molar-refractivity contribution in [2.24, 2.45) is 0 Å². The van der Waals surface area contributed by atoms with Gasteiger partial charge in [-0.05, 0) is 43.7 Å². The van der Waals surface area contributed by atoms with E-state index in [1.165, 1.54) is 0 Å². The van der Waals surface area contributed by atoms with E-state index in [0.717, 1.165) is 53.6 Å². The minimum Gasteiger partial charge on any atom is -0.354 e. The van der Waals surface area contributed by atoms with E-state index < -0.39 is 0 Å². The first kappa shape index (κ1) is 18.9.